The molecule has 0 aliphatic heterocycles. The van der Waals surface area contributed by atoms with E-state index in [2.05, 4.69) is 111 Å². The van der Waals surface area contributed by atoms with Crippen LogP contribution in [0.15, 0.2) is 97.1 Å². The Labute approximate surface area is 237 Å². The second kappa shape index (κ2) is 10.6. The van der Waals surface area contributed by atoms with E-state index in [1.54, 1.807) is 0 Å². The second-order valence-electron chi connectivity index (χ2n) is 11.7. The van der Waals surface area contributed by atoms with Crippen LogP contribution in [0.2, 0.25) is 0 Å². The topological polar surface area (TPSA) is 0 Å². The van der Waals surface area contributed by atoms with Crippen molar-refractivity contribution >= 4 is 64.6 Å². The van der Waals surface area contributed by atoms with Crippen molar-refractivity contribution in [2.24, 2.45) is 0 Å². The quantitative estimate of drug-likeness (QED) is 0.139. The van der Waals surface area contributed by atoms with Crippen molar-refractivity contribution in [1.29, 1.82) is 0 Å². The number of unbranched alkanes of at least 4 members (excludes halogenated alkanes) is 4. The van der Waals surface area contributed by atoms with Gasteiger partial charge in [-0.25, -0.2) is 0 Å². The Morgan fingerprint density at radius 1 is 0.325 bits per heavy atom. The molecule has 0 N–H and O–H groups in total. The van der Waals surface area contributed by atoms with Crippen LogP contribution in [-0.4, -0.2) is 0 Å². The van der Waals surface area contributed by atoms with Gasteiger partial charge >= 0.3 is 0 Å². The summed E-state index contributed by atoms with van der Waals surface area (Å²) in [5, 5.41) is 16.3. The molecule has 0 atom stereocenters. The van der Waals surface area contributed by atoms with Crippen LogP contribution in [0.5, 0.6) is 0 Å². The van der Waals surface area contributed by atoms with Gasteiger partial charge in [0, 0.05) is 0 Å². The minimum Gasteiger partial charge on any atom is -0.0654 e. The minimum absolute atomic E-state index is 1.17. The molecule has 0 heterocycles. The Bertz CT molecular complexity index is 1880. The van der Waals surface area contributed by atoms with Crippen molar-refractivity contribution in [2.45, 2.75) is 65.2 Å². The lowest BCUT2D eigenvalue weighted by Crippen LogP contribution is -1.88. The zero-order chi connectivity index (χ0) is 27.1. The molecule has 7 aromatic carbocycles. The zero-order valence-corrected chi connectivity index (χ0v) is 23.9. The van der Waals surface area contributed by atoms with E-state index in [0.717, 1.165) is 0 Å². The molecule has 0 fully saturated rings. The summed E-state index contributed by atoms with van der Waals surface area (Å²) in [6.45, 7) is 4.55. The van der Waals surface area contributed by atoms with Crippen molar-refractivity contribution in [3.8, 4) is 0 Å². The monoisotopic (exact) mass is 518 g/mol. The first kappa shape index (κ1) is 25.1. The predicted molar refractivity (Wildman–Crippen MR) is 178 cm³/mol. The maximum atomic E-state index is 2.44. The van der Waals surface area contributed by atoms with Crippen LogP contribution in [-0.2, 0) is 12.8 Å². The van der Waals surface area contributed by atoms with Crippen LogP contribution < -0.4 is 0 Å². The van der Waals surface area contributed by atoms with Gasteiger partial charge in [0.05, 0.1) is 0 Å². The molecule has 0 unspecified atom stereocenters. The van der Waals surface area contributed by atoms with Gasteiger partial charge in [-0.15, -0.1) is 0 Å². The standard InChI is InChI=1S/C40H38/c1-3-5-7-9-27-11-13-29-15-17-31-33-19-20-34-32-18-16-30-14-12-28(10-8-6-4-2)26-40(30)38(32)24-22-36(34)35(33)21-23-37(31)39(29)25-27/h11-26H,3-10H2,1-2H3. The van der Waals surface area contributed by atoms with Gasteiger partial charge in [-0.3, -0.25) is 0 Å². The Hall–Kier alpha value is -3.90. The summed E-state index contributed by atoms with van der Waals surface area (Å²) in [4.78, 5) is 0. The SMILES string of the molecule is CCCCCc1ccc2ccc3c(ccc4c3ccc3c5ccc6ccc(CCCCC)cc6c5ccc34)c2c1. The molecule has 0 aliphatic carbocycles. The number of rotatable bonds is 8. The molecule has 0 bridgehead atoms. The van der Waals surface area contributed by atoms with Gasteiger partial charge in [0.1, 0.15) is 0 Å². The summed E-state index contributed by atoms with van der Waals surface area (Å²) in [6, 6.07) is 37.6. The van der Waals surface area contributed by atoms with E-state index in [0.29, 0.717) is 0 Å². The highest BCUT2D eigenvalue weighted by Crippen LogP contribution is 2.38. The lowest BCUT2D eigenvalue weighted by atomic mass is 9.90. The molecule has 40 heavy (non-hydrogen) atoms. The largest absolute Gasteiger partial charge is 0.0654 e. The smallest absolute Gasteiger partial charge is 0.00987 e. The molecule has 0 heteroatoms. The third kappa shape index (κ3) is 4.31. The number of hydrogen-bond donors (Lipinski definition) is 0. The summed E-state index contributed by atoms with van der Waals surface area (Å²) in [6.07, 6.45) is 10.0. The van der Waals surface area contributed by atoms with E-state index in [1.807, 2.05) is 0 Å². The molecule has 0 radical (unpaired) electrons. The van der Waals surface area contributed by atoms with E-state index in [-0.39, 0.29) is 0 Å². The molecule has 0 saturated heterocycles. The third-order valence-corrected chi connectivity index (χ3v) is 9.09. The summed E-state index contributed by atoms with van der Waals surface area (Å²) in [7, 11) is 0. The van der Waals surface area contributed by atoms with E-state index < -0.39 is 0 Å². The lowest BCUT2D eigenvalue weighted by Gasteiger charge is -2.13. The molecule has 198 valence electrons. The molecule has 0 aliphatic rings. The lowest BCUT2D eigenvalue weighted by molar-refractivity contribution is 0.718. The molecular weight excluding hydrogens is 480 g/mol. The maximum Gasteiger partial charge on any atom is -0.00987 e. The maximum absolute atomic E-state index is 2.44. The van der Waals surface area contributed by atoms with Crippen LogP contribution in [0, 0.1) is 0 Å². The number of fused-ring (bicyclic) bond motifs is 11. The molecule has 7 aromatic rings. The fourth-order valence-electron chi connectivity index (χ4n) is 6.88. The normalized spacial score (nSPS) is 12.1. The summed E-state index contributed by atoms with van der Waals surface area (Å²) < 4.78 is 0. The Balaban J connectivity index is 1.38. The number of benzene rings is 7. The fraction of sp³-hybridized carbons (Fsp3) is 0.250. The third-order valence-electron chi connectivity index (χ3n) is 9.09. The molecule has 0 spiro atoms. The molecule has 7 rings (SSSR count). The Kier molecular flexibility index (Phi) is 6.64. The summed E-state index contributed by atoms with van der Waals surface area (Å²) >= 11 is 0. The van der Waals surface area contributed by atoms with Gasteiger partial charge in [0.25, 0.3) is 0 Å². The van der Waals surface area contributed by atoms with Crippen molar-refractivity contribution < 1.29 is 0 Å². The van der Waals surface area contributed by atoms with Crippen LogP contribution >= 0.6 is 0 Å². The fourth-order valence-corrected chi connectivity index (χ4v) is 6.88. The highest BCUT2D eigenvalue weighted by Gasteiger charge is 2.11. The van der Waals surface area contributed by atoms with Gasteiger partial charge in [0.15, 0.2) is 0 Å². The number of hydrogen-bond acceptors (Lipinski definition) is 0. The first-order valence-electron chi connectivity index (χ1n) is 15.4. The highest BCUT2D eigenvalue weighted by atomic mass is 14.1. The van der Waals surface area contributed by atoms with Gasteiger partial charge < -0.3 is 0 Å². The van der Waals surface area contributed by atoms with Gasteiger partial charge in [0.2, 0.25) is 0 Å². The molecule has 0 nitrogen and oxygen atoms in total. The van der Waals surface area contributed by atoms with Crippen molar-refractivity contribution in [1.82, 2.24) is 0 Å². The highest BCUT2D eigenvalue weighted by molar-refractivity contribution is 6.26. The van der Waals surface area contributed by atoms with Crippen LogP contribution in [0.3, 0.4) is 0 Å². The van der Waals surface area contributed by atoms with Crippen LogP contribution in [0.25, 0.3) is 64.6 Å². The zero-order valence-electron chi connectivity index (χ0n) is 23.9. The molecule has 0 saturated carbocycles. The van der Waals surface area contributed by atoms with E-state index in [1.165, 1.54) is 127 Å². The van der Waals surface area contributed by atoms with Crippen LogP contribution in [0.1, 0.15) is 63.5 Å². The average Bonchev–Trinajstić information content (AvgIpc) is 3.00. The molecule has 0 amide bonds. The van der Waals surface area contributed by atoms with Crippen molar-refractivity contribution in [3.63, 3.8) is 0 Å². The van der Waals surface area contributed by atoms with E-state index >= 15 is 0 Å². The first-order chi connectivity index (χ1) is 19.7. The first-order valence-corrected chi connectivity index (χ1v) is 15.4. The molecular formula is C40H38. The van der Waals surface area contributed by atoms with Gasteiger partial charge in [-0.05, 0) is 101 Å². The van der Waals surface area contributed by atoms with Crippen molar-refractivity contribution in [3.05, 3.63) is 108 Å². The summed E-state index contributed by atoms with van der Waals surface area (Å²) in [5.74, 6) is 0. The van der Waals surface area contributed by atoms with Crippen LogP contribution in [0.4, 0.5) is 0 Å². The average molecular weight is 519 g/mol. The number of aryl methyl sites for hydroxylation is 2. The van der Waals surface area contributed by atoms with Gasteiger partial charge in [-0.1, -0.05) is 137 Å². The van der Waals surface area contributed by atoms with Gasteiger partial charge in [-0.2, -0.15) is 0 Å². The predicted octanol–water partition coefficient (Wildman–Crippen LogP) is 12.1. The summed E-state index contributed by atoms with van der Waals surface area (Å²) in [5.41, 5.74) is 2.92. The van der Waals surface area contributed by atoms with E-state index in [4.69, 9.17) is 0 Å². The Morgan fingerprint density at radius 3 is 0.975 bits per heavy atom. The minimum atomic E-state index is 1.17. The molecule has 0 aromatic heterocycles. The second-order valence-corrected chi connectivity index (χ2v) is 11.7. The Morgan fingerprint density at radius 2 is 0.625 bits per heavy atom. The van der Waals surface area contributed by atoms with Crippen molar-refractivity contribution in [2.75, 3.05) is 0 Å². The van der Waals surface area contributed by atoms with E-state index in [9.17, 15) is 0 Å².